The molecule has 1 aliphatic rings. The standard InChI is InChI=1S/C13H12N2O3/c16-8-10-7-15(13(17)18-10)11-5-1-3-9-4-2-6-14-12(9)11/h1-6,10,16H,7-8H2/t10-/m1/s1. The van der Waals surface area contributed by atoms with E-state index < -0.39 is 12.2 Å². The van der Waals surface area contributed by atoms with E-state index in [2.05, 4.69) is 4.98 Å². The number of para-hydroxylation sites is 1. The predicted molar refractivity (Wildman–Crippen MR) is 66.4 cm³/mol. The molecule has 0 aliphatic carbocycles. The fourth-order valence-electron chi connectivity index (χ4n) is 2.12. The molecule has 3 rings (SSSR count). The lowest BCUT2D eigenvalue weighted by atomic mass is 10.2. The number of aliphatic hydroxyl groups excluding tert-OH is 1. The van der Waals surface area contributed by atoms with Gasteiger partial charge in [0.2, 0.25) is 0 Å². The number of carbonyl (C=O) groups excluding carboxylic acids is 1. The lowest BCUT2D eigenvalue weighted by Gasteiger charge is -2.14. The molecule has 92 valence electrons. The van der Waals surface area contributed by atoms with Crippen molar-refractivity contribution in [2.24, 2.45) is 0 Å². The Bertz CT molecular complexity index is 594. The second kappa shape index (κ2) is 4.27. The molecule has 1 amide bonds. The molecular weight excluding hydrogens is 232 g/mol. The molecule has 1 atom stereocenters. The lowest BCUT2D eigenvalue weighted by molar-refractivity contribution is 0.0963. The number of amides is 1. The minimum absolute atomic E-state index is 0.166. The van der Waals surface area contributed by atoms with E-state index in [4.69, 9.17) is 9.84 Å². The third-order valence-corrected chi connectivity index (χ3v) is 2.98. The van der Waals surface area contributed by atoms with Gasteiger partial charge in [0.1, 0.15) is 6.10 Å². The number of hydrogen-bond donors (Lipinski definition) is 1. The summed E-state index contributed by atoms with van der Waals surface area (Å²) in [5.74, 6) is 0. The number of nitrogens with zero attached hydrogens (tertiary/aromatic N) is 2. The van der Waals surface area contributed by atoms with Crippen molar-refractivity contribution in [3.63, 3.8) is 0 Å². The van der Waals surface area contributed by atoms with Crippen LogP contribution in [0.15, 0.2) is 36.5 Å². The molecule has 1 fully saturated rings. The maximum atomic E-state index is 11.8. The molecule has 0 spiro atoms. The first kappa shape index (κ1) is 11.0. The summed E-state index contributed by atoms with van der Waals surface area (Å²) in [5.41, 5.74) is 1.48. The molecule has 0 bridgehead atoms. The molecule has 0 saturated carbocycles. The third kappa shape index (κ3) is 1.69. The van der Waals surface area contributed by atoms with Crippen LogP contribution >= 0.6 is 0 Å². The normalized spacial score (nSPS) is 19.3. The summed E-state index contributed by atoms with van der Waals surface area (Å²) in [6, 6.07) is 9.44. The van der Waals surface area contributed by atoms with E-state index in [0.29, 0.717) is 12.2 Å². The highest BCUT2D eigenvalue weighted by molar-refractivity contribution is 6.00. The highest BCUT2D eigenvalue weighted by Crippen LogP contribution is 2.28. The molecule has 2 heterocycles. The van der Waals surface area contributed by atoms with Gasteiger partial charge in [-0.05, 0) is 12.1 Å². The van der Waals surface area contributed by atoms with E-state index in [1.165, 1.54) is 4.90 Å². The second-order valence-electron chi connectivity index (χ2n) is 4.15. The van der Waals surface area contributed by atoms with Crippen LogP contribution in [0.3, 0.4) is 0 Å². The number of ether oxygens (including phenoxy) is 1. The minimum atomic E-state index is -0.462. The summed E-state index contributed by atoms with van der Waals surface area (Å²) < 4.78 is 5.04. The SMILES string of the molecule is O=C1O[C@@H](CO)CN1c1cccc2cccnc12. The number of anilines is 1. The zero-order valence-corrected chi connectivity index (χ0v) is 9.61. The zero-order chi connectivity index (χ0) is 12.5. The molecule has 5 nitrogen and oxygen atoms in total. The molecule has 2 aromatic rings. The van der Waals surface area contributed by atoms with Crippen molar-refractivity contribution >= 4 is 22.7 Å². The van der Waals surface area contributed by atoms with Gasteiger partial charge in [-0.15, -0.1) is 0 Å². The Balaban J connectivity index is 2.07. The average Bonchev–Trinajstić information content (AvgIpc) is 2.79. The van der Waals surface area contributed by atoms with Crippen LogP contribution in [-0.2, 0) is 4.74 Å². The number of fused-ring (bicyclic) bond motifs is 1. The molecule has 0 radical (unpaired) electrons. The van der Waals surface area contributed by atoms with E-state index in [1.807, 2.05) is 30.3 Å². The molecule has 1 N–H and O–H groups in total. The maximum Gasteiger partial charge on any atom is 0.414 e. The van der Waals surface area contributed by atoms with E-state index in [-0.39, 0.29) is 6.61 Å². The number of pyridine rings is 1. The fraction of sp³-hybridized carbons (Fsp3) is 0.231. The predicted octanol–water partition coefficient (Wildman–Crippen LogP) is 1.55. The zero-order valence-electron chi connectivity index (χ0n) is 9.61. The topological polar surface area (TPSA) is 62.7 Å². The van der Waals surface area contributed by atoms with Crippen molar-refractivity contribution in [2.45, 2.75) is 6.10 Å². The van der Waals surface area contributed by atoms with Crippen molar-refractivity contribution in [1.29, 1.82) is 0 Å². The largest absolute Gasteiger partial charge is 0.441 e. The van der Waals surface area contributed by atoms with Gasteiger partial charge in [0, 0.05) is 11.6 Å². The Morgan fingerprint density at radius 1 is 1.39 bits per heavy atom. The van der Waals surface area contributed by atoms with Crippen molar-refractivity contribution in [2.75, 3.05) is 18.1 Å². The molecular formula is C13H12N2O3. The Hall–Kier alpha value is -2.14. The van der Waals surface area contributed by atoms with Gasteiger partial charge in [-0.3, -0.25) is 9.88 Å². The molecule has 18 heavy (non-hydrogen) atoms. The van der Waals surface area contributed by atoms with Crippen LogP contribution in [0.2, 0.25) is 0 Å². The van der Waals surface area contributed by atoms with Crippen molar-refractivity contribution < 1.29 is 14.6 Å². The average molecular weight is 244 g/mol. The smallest absolute Gasteiger partial charge is 0.414 e. The van der Waals surface area contributed by atoms with Gasteiger partial charge in [-0.1, -0.05) is 18.2 Å². The van der Waals surface area contributed by atoms with Gasteiger partial charge in [-0.2, -0.15) is 0 Å². The first-order chi connectivity index (χ1) is 8.79. The Morgan fingerprint density at radius 2 is 2.22 bits per heavy atom. The number of hydrogen-bond acceptors (Lipinski definition) is 4. The van der Waals surface area contributed by atoms with Gasteiger partial charge in [-0.25, -0.2) is 4.79 Å². The summed E-state index contributed by atoms with van der Waals surface area (Å²) >= 11 is 0. The molecule has 1 aliphatic heterocycles. The van der Waals surface area contributed by atoms with Crippen LogP contribution in [0.1, 0.15) is 0 Å². The van der Waals surface area contributed by atoms with Gasteiger partial charge in [0.15, 0.2) is 0 Å². The van der Waals surface area contributed by atoms with Crippen LogP contribution in [0, 0.1) is 0 Å². The van der Waals surface area contributed by atoms with E-state index in [0.717, 1.165) is 10.9 Å². The first-order valence-corrected chi connectivity index (χ1v) is 5.72. The van der Waals surface area contributed by atoms with Crippen molar-refractivity contribution in [3.8, 4) is 0 Å². The highest BCUT2D eigenvalue weighted by atomic mass is 16.6. The Kier molecular flexibility index (Phi) is 2.60. The van der Waals surface area contributed by atoms with Gasteiger partial charge in [0.05, 0.1) is 24.4 Å². The number of aliphatic hydroxyl groups is 1. The highest BCUT2D eigenvalue weighted by Gasteiger charge is 2.32. The van der Waals surface area contributed by atoms with E-state index in [9.17, 15) is 4.79 Å². The molecule has 1 aromatic heterocycles. The first-order valence-electron chi connectivity index (χ1n) is 5.72. The van der Waals surface area contributed by atoms with Crippen molar-refractivity contribution in [3.05, 3.63) is 36.5 Å². The Morgan fingerprint density at radius 3 is 3.00 bits per heavy atom. The van der Waals surface area contributed by atoms with Gasteiger partial charge >= 0.3 is 6.09 Å². The van der Waals surface area contributed by atoms with Crippen LogP contribution in [0.5, 0.6) is 0 Å². The number of benzene rings is 1. The number of cyclic esters (lactones) is 1. The Labute approximate surface area is 104 Å². The van der Waals surface area contributed by atoms with Gasteiger partial charge in [0.25, 0.3) is 0 Å². The monoisotopic (exact) mass is 244 g/mol. The molecule has 5 heteroatoms. The number of carbonyl (C=O) groups is 1. The summed E-state index contributed by atoms with van der Waals surface area (Å²) in [6.07, 6.45) is 0.792. The molecule has 1 aromatic carbocycles. The minimum Gasteiger partial charge on any atom is -0.441 e. The summed E-state index contributed by atoms with van der Waals surface area (Å²) in [5, 5.41) is 10.0. The maximum absolute atomic E-state index is 11.8. The fourth-order valence-corrected chi connectivity index (χ4v) is 2.12. The summed E-state index contributed by atoms with van der Waals surface area (Å²) in [4.78, 5) is 17.6. The van der Waals surface area contributed by atoms with Crippen LogP contribution in [0.4, 0.5) is 10.5 Å². The van der Waals surface area contributed by atoms with Crippen LogP contribution in [0.25, 0.3) is 10.9 Å². The lowest BCUT2D eigenvalue weighted by Crippen LogP contribution is -2.25. The number of rotatable bonds is 2. The van der Waals surface area contributed by atoms with Gasteiger partial charge < -0.3 is 9.84 Å². The summed E-state index contributed by atoms with van der Waals surface area (Å²) in [7, 11) is 0. The van der Waals surface area contributed by atoms with Crippen LogP contribution < -0.4 is 4.90 Å². The summed E-state index contributed by atoms with van der Waals surface area (Å²) in [6.45, 7) is 0.186. The quantitative estimate of drug-likeness (QED) is 0.870. The van der Waals surface area contributed by atoms with Crippen LogP contribution in [-0.4, -0.2) is 35.4 Å². The number of aromatic nitrogens is 1. The van der Waals surface area contributed by atoms with Crippen molar-refractivity contribution in [1.82, 2.24) is 4.98 Å². The van der Waals surface area contributed by atoms with E-state index >= 15 is 0 Å². The molecule has 0 unspecified atom stereocenters. The third-order valence-electron chi connectivity index (χ3n) is 2.98. The second-order valence-corrected chi connectivity index (χ2v) is 4.15. The molecule has 1 saturated heterocycles. The van der Waals surface area contributed by atoms with E-state index in [1.54, 1.807) is 6.20 Å².